The largest absolute Gasteiger partial charge is 0.347 e. The van der Waals surface area contributed by atoms with E-state index in [9.17, 15) is 14.4 Å². The Morgan fingerprint density at radius 3 is 2.32 bits per heavy atom. The predicted octanol–water partition coefficient (Wildman–Crippen LogP) is 1.13. The Hall–Kier alpha value is -2.45. The number of hydrogen-bond donors (Lipinski definition) is 1. The Labute approximate surface area is 163 Å². The van der Waals surface area contributed by atoms with E-state index in [4.69, 9.17) is 9.47 Å². The fourth-order valence-corrected chi connectivity index (χ4v) is 4.04. The molecule has 8 heteroatoms. The third kappa shape index (κ3) is 3.16. The zero-order chi connectivity index (χ0) is 19.9. The third-order valence-corrected chi connectivity index (χ3v) is 5.89. The van der Waals surface area contributed by atoms with E-state index in [0.717, 1.165) is 10.5 Å². The summed E-state index contributed by atoms with van der Waals surface area (Å²) in [5, 5.41) is 2.74. The van der Waals surface area contributed by atoms with Gasteiger partial charge in [-0.2, -0.15) is 0 Å². The van der Waals surface area contributed by atoms with Crippen molar-refractivity contribution in [2.24, 2.45) is 0 Å². The Bertz CT molecular complexity index is 793. The SMILES string of the molecule is Cc1ccc(C2(C)NC(=O)N(CC(=O)N3CCC4(CC3)OCCO4)C2=O)cc1. The summed E-state index contributed by atoms with van der Waals surface area (Å²) >= 11 is 0. The van der Waals surface area contributed by atoms with E-state index < -0.39 is 23.3 Å². The number of aryl methyl sites for hydroxylation is 1. The molecule has 3 saturated heterocycles. The van der Waals surface area contributed by atoms with Crippen LogP contribution < -0.4 is 5.32 Å². The molecule has 3 heterocycles. The van der Waals surface area contributed by atoms with Gasteiger partial charge in [-0.1, -0.05) is 29.8 Å². The smallest absolute Gasteiger partial charge is 0.325 e. The van der Waals surface area contributed by atoms with Crippen LogP contribution in [0.3, 0.4) is 0 Å². The number of carbonyl (C=O) groups excluding carboxylic acids is 3. The molecule has 1 spiro atoms. The first kappa shape index (κ1) is 18.9. The number of benzene rings is 1. The molecule has 1 aromatic rings. The van der Waals surface area contributed by atoms with Gasteiger partial charge in [-0.15, -0.1) is 0 Å². The van der Waals surface area contributed by atoms with Crippen molar-refractivity contribution >= 4 is 17.8 Å². The summed E-state index contributed by atoms with van der Waals surface area (Å²) in [5.41, 5.74) is 0.596. The van der Waals surface area contributed by atoms with Crippen molar-refractivity contribution in [3.05, 3.63) is 35.4 Å². The minimum Gasteiger partial charge on any atom is -0.347 e. The Morgan fingerprint density at radius 1 is 1.11 bits per heavy atom. The number of ether oxygens (including phenoxy) is 2. The van der Waals surface area contributed by atoms with Crippen LogP contribution >= 0.6 is 0 Å². The van der Waals surface area contributed by atoms with Crippen molar-refractivity contribution in [3.8, 4) is 0 Å². The summed E-state index contributed by atoms with van der Waals surface area (Å²) in [6.07, 6.45) is 1.19. The summed E-state index contributed by atoms with van der Waals surface area (Å²) in [5.74, 6) is -1.23. The standard InChI is InChI=1S/C20H25N3O5/c1-14-3-5-15(6-4-14)19(2)17(25)23(18(26)21-19)13-16(24)22-9-7-20(8-10-22)27-11-12-28-20/h3-6H,7-13H2,1-2H3,(H,21,26). The van der Waals surface area contributed by atoms with Gasteiger partial charge in [0, 0.05) is 25.9 Å². The van der Waals surface area contributed by atoms with Crippen LogP contribution in [0.5, 0.6) is 0 Å². The van der Waals surface area contributed by atoms with E-state index in [0.29, 0.717) is 44.7 Å². The zero-order valence-corrected chi connectivity index (χ0v) is 16.2. The molecule has 3 aliphatic heterocycles. The van der Waals surface area contributed by atoms with Crippen LogP contribution in [0.25, 0.3) is 0 Å². The van der Waals surface area contributed by atoms with Gasteiger partial charge in [-0.05, 0) is 19.4 Å². The second-order valence-electron chi connectivity index (χ2n) is 7.80. The molecule has 28 heavy (non-hydrogen) atoms. The Morgan fingerprint density at radius 2 is 1.71 bits per heavy atom. The van der Waals surface area contributed by atoms with Crippen LogP contribution in [0.15, 0.2) is 24.3 Å². The van der Waals surface area contributed by atoms with E-state index in [-0.39, 0.29) is 12.5 Å². The molecule has 150 valence electrons. The number of hydrogen-bond acceptors (Lipinski definition) is 5. The number of nitrogens with zero attached hydrogens (tertiary/aromatic N) is 2. The number of rotatable bonds is 3. The highest BCUT2D eigenvalue weighted by molar-refractivity contribution is 6.09. The average molecular weight is 387 g/mol. The summed E-state index contributed by atoms with van der Waals surface area (Å²) in [7, 11) is 0. The van der Waals surface area contributed by atoms with Crippen LogP contribution in [-0.4, -0.2) is 66.3 Å². The van der Waals surface area contributed by atoms with Crippen molar-refractivity contribution in [2.75, 3.05) is 32.8 Å². The second kappa shape index (κ2) is 6.86. The van der Waals surface area contributed by atoms with Gasteiger partial charge in [-0.3, -0.25) is 14.5 Å². The molecule has 0 aliphatic carbocycles. The van der Waals surface area contributed by atoms with Crippen molar-refractivity contribution < 1.29 is 23.9 Å². The van der Waals surface area contributed by atoms with Gasteiger partial charge in [0.25, 0.3) is 5.91 Å². The van der Waals surface area contributed by atoms with Crippen LogP contribution in [0.2, 0.25) is 0 Å². The zero-order valence-electron chi connectivity index (χ0n) is 16.2. The van der Waals surface area contributed by atoms with E-state index >= 15 is 0 Å². The molecule has 4 amide bonds. The molecule has 0 radical (unpaired) electrons. The van der Waals surface area contributed by atoms with Gasteiger partial charge >= 0.3 is 6.03 Å². The number of nitrogens with one attached hydrogen (secondary N) is 1. The lowest BCUT2D eigenvalue weighted by atomic mass is 9.91. The minimum absolute atomic E-state index is 0.246. The molecule has 1 atom stereocenters. The quantitative estimate of drug-likeness (QED) is 0.786. The summed E-state index contributed by atoms with van der Waals surface area (Å²) in [6, 6.07) is 6.89. The molecule has 4 rings (SSSR count). The molecule has 8 nitrogen and oxygen atoms in total. The molecule has 3 aliphatic rings. The first-order valence-electron chi connectivity index (χ1n) is 9.60. The lowest BCUT2D eigenvalue weighted by Crippen LogP contribution is -2.50. The molecule has 1 aromatic carbocycles. The highest BCUT2D eigenvalue weighted by Gasteiger charge is 2.50. The van der Waals surface area contributed by atoms with Crippen LogP contribution in [-0.2, 0) is 24.6 Å². The van der Waals surface area contributed by atoms with Crippen molar-refractivity contribution in [1.29, 1.82) is 0 Å². The second-order valence-corrected chi connectivity index (χ2v) is 7.80. The minimum atomic E-state index is -1.16. The number of imide groups is 1. The van der Waals surface area contributed by atoms with Crippen LogP contribution in [0.1, 0.15) is 30.9 Å². The van der Waals surface area contributed by atoms with Gasteiger partial charge in [0.1, 0.15) is 12.1 Å². The molecular formula is C20H25N3O5. The van der Waals surface area contributed by atoms with Crippen molar-refractivity contribution in [2.45, 2.75) is 38.0 Å². The normalized spacial score (nSPS) is 26.8. The fraction of sp³-hybridized carbons (Fsp3) is 0.550. The van der Waals surface area contributed by atoms with E-state index in [1.54, 1.807) is 11.8 Å². The Kier molecular flexibility index (Phi) is 4.63. The molecule has 3 fully saturated rings. The van der Waals surface area contributed by atoms with Gasteiger partial charge < -0.3 is 19.7 Å². The van der Waals surface area contributed by atoms with Crippen LogP contribution in [0.4, 0.5) is 4.79 Å². The molecular weight excluding hydrogens is 362 g/mol. The highest BCUT2D eigenvalue weighted by Crippen LogP contribution is 2.32. The number of piperidine rings is 1. The topological polar surface area (TPSA) is 88.2 Å². The number of likely N-dealkylation sites (tertiary alicyclic amines) is 1. The first-order valence-corrected chi connectivity index (χ1v) is 9.60. The molecule has 1 N–H and O–H groups in total. The van der Waals surface area contributed by atoms with Gasteiger partial charge in [0.05, 0.1) is 13.2 Å². The van der Waals surface area contributed by atoms with Gasteiger partial charge in [0.15, 0.2) is 5.79 Å². The van der Waals surface area contributed by atoms with Gasteiger partial charge in [0.2, 0.25) is 5.91 Å². The molecule has 0 aromatic heterocycles. The number of carbonyl (C=O) groups is 3. The maximum atomic E-state index is 13.0. The van der Waals surface area contributed by atoms with E-state index in [1.165, 1.54) is 0 Å². The van der Waals surface area contributed by atoms with Crippen molar-refractivity contribution in [3.63, 3.8) is 0 Å². The lowest BCUT2D eigenvalue weighted by molar-refractivity contribution is -0.187. The van der Waals surface area contributed by atoms with Crippen LogP contribution in [0, 0.1) is 6.92 Å². The monoisotopic (exact) mass is 387 g/mol. The number of amides is 4. The van der Waals surface area contributed by atoms with E-state index in [1.807, 2.05) is 31.2 Å². The average Bonchev–Trinajstić information content (AvgIpc) is 3.21. The lowest BCUT2D eigenvalue weighted by Gasteiger charge is -2.37. The molecule has 0 saturated carbocycles. The van der Waals surface area contributed by atoms with E-state index in [2.05, 4.69) is 5.32 Å². The van der Waals surface area contributed by atoms with Crippen molar-refractivity contribution in [1.82, 2.24) is 15.1 Å². The first-order chi connectivity index (χ1) is 13.3. The molecule has 0 bridgehead atoms. The third-order valence-electron chi connectivity index (χ3n) is 5.89. The summed E-state index contributed by atoms with van der Waals surface area (Å²) in [6.45, 7) is 5.48. The summed E-state index contributed by atoms with van der Waals surface area (Å²) in [4.78, 5) is 40.8. The highest BCUT2D eigenvalue weighted by atomic mass is 16.7. The Balaban J connectivity index is 1.42. The molecule has 1 unspecified atom stereocenters. The number of urea groups is 1. The maximum absolute atomic E-state index is 13.0. The summed E-state index contributed by atoms with van der Waals surface area (Å²) < 4.78 is 11.3. The fourth-order valence-electron chi connectivity index (χ4n) is 4.04. The van der Waals surface area contributed by atoms with Gasteiger partial charge in [-0.25, -0.2) is 4.79 Å². The maximum Gasteiger partial charge on any atom is 0.325 e. The predicted molar refractivity (Wildman–Crippen MR) is 99.2 cm³/mol.